The first kappa shape index (κ1) is 13.9. The van der Waals surface area contributed by atoms with Crippen LogP contribution in [0, 0.1) is 13.8 Å². The van der Waals surface area contributed by atoms with Crippen LogP contribution < -0.4 is 0 Å². The summed E-state index contributed by atoms with van der Waals surface area (Å²) in [4.78, 5) is 11.1. The number of rotatable bonds is 3. The Morgan fingerprint density at radius 2 is 2.05 bits per heavy atom. The molecule has 0 aliphatic carbocycles. The summed E-state index contributed by atoms with van der Waals surface area (Å²) in [6.45, 7) is 3.79. The largest absolute Gasteiger partial charge is 0.478 e. The van der Waals surface area contributed by atoms with Crippen molar-refractivity contribution < 1.29 is 9.90 Å². The number of carboxylic acid groups (broad SMARTS) is 1. The number of nitrogens with zero attached hydrogens (tertiary/aromatic N) is 2. The Morgan fingerprint density at radius 3 is 2.63 bits per heavy atom. The smallest absolute Gasteiger partial charge is 0.339 e. The van der Waals surface area contributed by atoms with Gasteiger partial charge in [-0.05, 0) is 37.6 Å². The molecule has 0 fully saturated rings. The third-order valence-electron chi connectivity index (χ3n) is 2.92. The van der Waals surface area contributed by atoms with Gasteiger partial charge >= 0.3 is 5.97 Å². The van der Waals surface area contributed by atoms with E-state index in [4.69, 9.17) is 28.3 Å². The maximum atomic E-state index is 11.1. The van der Waals surface area contributed by atoms with Gasteiger partial charge in [-0.1, -0.05) is 23.2 Å². The van der Waals surface area contributed by atoms with Gasteiger partial charge in [0.05, 0.1) is 17.9 Å². The summed E-state index contributed by atoms with van der Waals surface area (Å²) in [5, 5.41) is 14.5. The van der Waals surface area contributed by atoms with Crippen molar-refractivity contribution in [2.45, 2.75) is 20.4 Å². The first-order chi connectivity index (χ1) is 8.90. The quantitative estimate of drug-likeness (QED) is 0.943. The maximum Gasteiger partial charge on any atom is 0.339 e. The Balaban J connectivity index is 2.42. The Labute approximate surface area is 120 Å². The van der Waals surface area contributed by atoms with E-state index in [2.05, 4.69) is 5.10 Å². The molecule has 0 radical (unpaired) electrons. The molecule has 0 aliphatic heterocycles. The van der Waals surface area contributed by atoms with Crippen LogP contribution in [0.3, 0.4) is 0 Å². The number of aromatic nitrogens is 2. The zero-order chi connectivity index (χ0) is 14.2. The second-order valence-corrected chi connectivity index (χ2v) is 5.09. The number of aryl methyl sites for hydroxylation is 1. The fourth-order valence-electron chi connectivity index (χ4n) is 1.99. The van der Waals surface area contributed by atoms with E-state index in [0.717, 1.165) is 5.56 Å². The average Bonchev–Trinajstić information content (AvgIpc) is 2.59. The zero-order valence-corrected chi connectivity index (χ0v) is 12.0. The lowest BCUT2D eigenvalue weighted by Gasteiger charge is -2.07. The highest BCUT2D eigenvalue weighted by molar-refractivity contribution is 6.33. The van der Waals surface area contributed by atoms with E-state index in [9.17, 15) is 4.79 Å². The molecule has 0 aliphatic rings. The van der Waals surface area contributed by atoms with Gasteiger partial charge in [0.1, 0.15) is 5.56 Å². The van der Waals surface area contributed by atoms with Gasteiger partial charge < -0.3 is 5.11 Å². The number of hydrogen-bond donors (Lipinski definition) is 1. The molecular weight excluding hydrogens is 287 g/mol. The molecule has 0 saturated heterocycles. The highest BCUT2D eigenvalue weighted by Crippen LogP contribution is 2.23. The van der Waals surface area contributed by atoms with Crippen LogP contribution in [-0.4, -0.2) is 20.9 Å². The van der Waals surface area contributed by atoms with Crippen LogP contribution in [-0.2, 0) is 6.54 Å². The van der Waals surface area contributed by atoms with Crippen molar-refractivity contribution in [2.75, 3.05) is 0 Å². The Bertz CT molecular complexity index is 650. The minimum absolute atomic E-state index is 0.234. The molecule has 19 heavy (non-hydrogen) atoms. The zero-order valence-electron chi connectivity index (χ0n) is 10.4. The number of hydrogen-bond acceptors (Lipinski definition) is 2. The molecule has 1 heterocycles. The predicted octanol–water partition coefficient (Wildman–Crippen LogP) is 3.55. The van der Waals surface area contributed by atoms with Crippen molar-refractivity contribution in [1.82, 2.24) is 9.78 Å². The highest BCUT2D eigenvalue weighted by atomic mass is 35.5. The second-order valence-electron chi connectivity index (χ2n) is 4.24. The predicted molar refractivity (Wildman–Crippen MR) is 74.2 cm³/mol. The van der Waals surface area contributed by atoms with E-state index in [0.29, 0.717) is 28.0 Å². The second kappa shape index (κ2) is 5.23. The van der Waals surface area contributed by atoms with Crippen LogP contribution in [0.2, 0.25) is 10.0 Å². The van der Waals surface area contributed by atoms with E-state index in [1.807, 2.05) is 0 Å². The highest BCUT2D eigenvalue weighted by Gasteiger charge is 2.18. The van der Waals surface area contributed by atoms with E-state index < -0.39 is 5.97 Å². The van der Waals surface area contributed by atoms with Crippen molar-refractivity contribution in [1.29, 1.82) is 0 Å². The van der Waals surface area contributed by atoms with Crippen molar-refractivity contribution in [3.05, 3.63) is 50.8 Å². The molecule has 100 valence electrons. The number of aromatic carboxylic acids is 1. The molecule has 0 bridgehead atoms. The fourth-order valence-corrected chi connectivity index (χ4v) is 2.36. The van der Waals surface area contributed by atoms with Crippen LogP contribution in [0.4, 0.5) is 0 Å². The molecule has 2 aromatic rings. The van der Waals surface area contributed by atoms with Gasteiger partial charge in [0.2, 0.25) is 0 Å². The third-order valence-corrected chi connectivity index (χ3v) is 3.53. The van der Waals surface area contributed by atoms with E-state index in [1.54, 1.807) is 36.7 Å². The Hall–Kier alpha value is -1.52. The van der Waals surface area contributed by atoms with Gasteiger partial charge in [0.15, 0.2) is 0 Å². The van der Waals surface area contributed by atoms with Crippen molar-refractivity contribution in [3.63, 3.8) is 0 Å². The summed E-state index contributed by atoms with van der Waals surface area (Å²) < 4.78 is 1.62. The molecular formula is C13H12Cl2N2O2. The van der Waals surface area contributed by atoms with Crippen molar-refractivity contribution >= 4 is 29.2 Å². The molecule has 1 aromatic carbocycles. The number of benzene rings is 1. The van der Waals surface area contributed by atoms with Crippen LogP contribution in [0.25, 0.3) is 0 Å². The van der Waals surface area contributed by atoms with Gasteiger partial charge in [0, 0.05) is 10.0 Å². The molecule has 6 heteroatoms. The first-order valence-corrected chi connectivity index (χ1v) is 6.37. The standard InChI is InChI=1S/C13H12Cl2N2O2/c1-7-12(13(18)19)8(2)17(16-7)6-9-5-10(14)3-4-11(9)15/h3-5H,6H2,1-2H3,(H,18,19). The Morgan fingerprint density at radius 1 is 1.37 bits per heavy atom. The molecule has 0 unspecified atom stereocenters. The minimum Gasteiger partial charge on any atom is -0.478 e. The lowest BCUT2D eigenvalue weighted by atomic mass is 10.2. The summed E-state index contributed by atoms with van der Waals surface area (Å²) in [5.41, 5.74) is 2.12. The van der Waals surface area contributed by atoms with Crippen molar-refractivity contribution in [3.8, 4) is 0 Å². The van der Waals surface area contributed by atoms with Crippen LogP contribution >= 0.6 is 23.2 Å². The normalized spacial score (nSPS) is 10.7. The van der Waals surface area contributed by atoms with E-state index in [-0.39, 0.29) is 5.56 Å². The molecule has 2 rings (SSSR count). The summed E-state index contributed by atoms with van der Waals surface area (Å²) in [6, 6.07) is 5.17. The van der Waals surface area contributed by atoms with Crippen LogP contribution in [0.15, 0.2) is 18.2 Å². The lowest BCUT2D eigenvalue weighted by Crippen LogP contribution is -2.06. The topological polar surface area (TPSA) is 55.1 Å². The third kappa shape index (κ3) is 2.74. The van der Waals surface area contributed by atoms with Gasteiger partial charge in [-0.3, -0.25) is 4.68 Å². The van der Waals surface area contributed by atoms with Gasteiger partial charge in [-0.2, -0.15) is 5.10 Å². The van der Waals surface area contributed by atoms with Crippen molar-refractivity contribution in [2.24, 2.45) is 0 Å². The van der Waals surface area contributed by atoms with Gasteiger partial charge in [-0.25, -0.2) is 4.79 Å². The fraction of sp³-hybridized carbons (Fsp3) is 0.231. The van der Waals surface area contributed by atoms with Crippen LogP contribution in [0.1, 0.15) is 27.3 Å². The average molecular weight is 299 g/mol. The Kier molecular flexibility index (Phi) is 3.83. The number of carboxylic acids is 1. The molecule has 1 N–H and O–H groups in total. The van der Waals surface area contributed by atoms with Gasteiger partial charge in [-0.15, -0.1) is 0 Å². The molecule has 0 atom stereocenters. The SMILES string of the molecule is Cc1nn(Cc2cc(Cl)ccc2Cl)c(C)c1C(=O)O. The summed E-state index contributed by atoms with van der Waals surface area (Å²) in [7, 11) is 0. The number of carbonyl (C=O) groups is 1. The van der Waals surface area contributed by atoms with E-state index >= 15 is 0 Å². The number of halogens is 2. The van der Waals surface area contributed by atoms with E-state index in [1.165, 1.54) is 0 Å². The molecule has 4 nitrogen and oxygen atoms in total. The molecule has 0 saturated carbocycles. The molecule has 1 aromatic heterocycles. The summed E-state index contributed by atoms with van der Waals surface area (Å²) in [6.07, 6.45) is 0. The maximum absolute atomic E-state index is 11.1. The lowest BCUT2D eigenvalue weighted by molar-refractivity contribution is 0.0695. The molecule has 0 amide bonds. The van der Waals surface area contributed by atoms with Gasteiger partial charge in [0.25, 0.3) is 0 Å². The van der Waals surface area contributed by atoms with Crippen LogP contribution in [0.5, 0.6) is 0 Å². The monoisotopic (exact) mass is 298 g/mol. The molecule has 0 spiro atoms. The summed E-state index contributed by atoms with van der Waals surface area (Å²) >= 11 is 12.0. The minimum atomic E-state index is -0.974. The first-order valence-electron chi connectivity index (χ1n) is 5.61. The summed E-state index contributed by atoms with van der Waals surface area (Å²) in [5.74, 6) is -0.974.